The summed E-state index contributed by atoms with van der Waals surface area (Å²) in [4.78, 5) is 25.4. The number of hydrogen-bond acceptors (Lipinski definition) is 10. The molecule has 1 aliphatic rings. The van der Waals surface area contributed by atoms with Crippen molar-refractivity contribution in [3.63, 3.8) is 0 Å². The van der Waals surface area contributed by atoms with Crippen molar-refractivity contribution in [3.8, 4) is 0 Å². The van der Waals surface area contributed by atoms with Crippen LogP contribution in [0.15, 0.2) is 85.1 Å². The van der Waals surface area contributed by atoms with Gasteiger partial charge < -0.3 is 39.4 Å². The Bertz CT molecular complexity index is 1270. The van der Waals surface area contributed by atoms with Crippen molar-refractivity contribution in [3.05, 3.63) is 85.1 Å². The molecule has 1 aliphatic heterocycles. The largest absolute Gasteiger partial charge is 0.462 e. The van der Waals surface area contributed by atoms with Gasteiger partial charge in [0.15, 0.2) is 12.4 Å². The van der Waals surface area contributed by atoms with E-state index in [1.165, 1.54) is 44.9 Å². The normalized spacial score (nSPS) is 20.5. The highest BCUT2D eigenvalue weighted by molar-refractivity contribution is 5.70. The number of aliphatic hydroxyl groups excluding tert-OH is 4. The Balaban J connectivity index is 2.35. The van der Waals surface area contributed by atoms with Gasteiger partial charge in [0.1, 0.15) is 31.0 Å². The second-order valence-corrected chi connectivity index (χ2v) is 15.8. The lowest BCUT2D eigenvalue weighted by molar-refractivity contribution is -0.305. The quantitative estimate of drug-likeness (QED) is 0.0268. The van der Waals surface area contributed by atoms with E-state index in [4.69, 9.17) is 18.9 Å². The molecule has 0 saturated carbocycles. The Labute approximate surface area is 369 Å². The fourth-order valence-corrected chi connectivity index (χ4v) is 6.54. The van der Waals surface area contributed by atoms with Gasteiger partial charge in [-0.1, -0.05) is 150 Å². The summed E-state index contributed by atoms with van der Waals surface area (Å²) in [6.45, 7) is 3.23. The van der Waals surface area contributed by atoms with E-state index < -0.39 is 55.4 Å². The number of hydrogen-bond donors (Lipinski definition) is 4. The zero-order valence-electron chi connectivity index (χ0n) is 37.9. The van der Waals surface area contributed by atoms with Crippen LogP contribution in [0.4, 0.5) is 0 Å². The molecule has 0 aromatic rings. The summed E-state index contributed by atoms with van der Waals surface area (Å²) < 4.78 is 22.2. The van der Waals surface area contributed by atoms with Crippen LogP contribution in [-0.4, -0.2) is 89.0 Å². The molecule has 0 bridgehead atoms. The van der Waals surface area contributed by atoms with E-state index in [2.05, 4.69) is 98.9 Å². The summed E-state index contributed by atoms with van der Waals surface area (Å²) in [6, 6.07) is 0. The Morgan fingerprint density at radius 3 is 1.48 bits per heavy atom. The maximum atomic E-state index is 12.8. The molecule has 1 heterocycles. The molecule has 10 nitrogen and oxygen atoms in total. The fourth-order valence-electron chi connectivity index (χ4n) is 6.54. The van der Waals surface area contributed by atoms with Crippen LogP contribution in [-0.2, 0) is 28.5 Å². The molecule has 6 atom stereocenters. The van der Waals surface area contributed by atoms with Crippen LogP contribution in [0.3, 0.4) is 0 Å². The highest BCUT2D eigenvalue weighted by atomic mass is 16.7. The molecule has 348 valence electrons. The molecule has 1 rings (SSSR count). The second kappa shape index (κ2) is 40.9. The number of unbranched alkanes of at least 4 members (excludes halogenated alkanes) is 13. The van der Waals surface area contributed by atoms with E-state index in [1.807, 2.05) is 0 Å². The van der Waals surface area contributed by atoms with Gasteiger partial charge in [-0.2, -0.15) is 0 Å². The van der Waals surface area contributed by atoms with Crippen molar-refractivity contribution in [1.29, 1.82) is 0 Å². The van der Waals surface area contributed by atoms with Gasteiger partial charge in [-0.15, -0.1) is 0 Å². The van der Waals surface area contributed by atoms with Crippen molar-refractivity contribution < 1.29 is 49.0 Å². The minimum absolute atomic E-state index is 0.184. The van der Waals surface area contributed by atoms with Crippen LogP contribution in [0, 0.1) is 0 Å². The molecule has 1 fully saturated rings. The molecular formula is C51H84O10. The number of aliphatic hydroxyl groups is 4. The predicted molar refractivity (Wildman–Crippen MR) is 247 cm³/mol. The first-order valence-corrected chi connectivity index (χ1v) is 23.7. The number of esters is 2. The summed E-state index contributed by atoms with van der Waals surface area (Å²) in [5.74, 6) is -0.860. The van der Waals surface area contributed by atoms with E-state index in [0.29, 0.717) is 12.8 Å². The Morgan fingerprint density at radius 2 is 0.967 bits per heavy atom. The third kappa shape index (κ3) is 32.3. The van der Waals surface area contributed by atoms with E-state index in [1.54, 1.807) is 0 Å². The van der Waals surface area contributed by atoms with E-state index in [-0.39, 0.29) is 26.1 Å². The van der Waals surface area contributed by atoms with Crippen LogP contribution in [0.2, 0.25) is 0 Å². The molecule has 61 heavy (non-hydrogen) atoms. The zero-order chi connectivity index (χ0) is 44.4. The number of carbonyl (C=O) groups excluding carboxylic acids is 2. The van der Waals surface area contributed by atoms with Crippen molar-refractivity contribution in [2.75, 3.05) is 19.8 Å². The standard InChI is InChI=1S/C51H84O10/c1-3-5-7-9-11-13-15-17-19-21-22-24-26-28-30-32-34-36-38-40-47(54)60-44(43-59-51-50(57)49(56)48(55)45(41-52)61-51)42-58-46(53)39-37-35-33-31-29-27-25-23-20-18-16-14-12-10-8-6-4-2/h5,7,11-14,17-20,22,24,28,30,44-45,48-52,55-57H,3-4,6,8-10,15-16,21,23,25-27,29,31-43H2,1-2H3/b7-5-,13-11-,14-12-,19-17-,20-18-,24-22-,30-28-. The van der Waals surface area contributed by atoms with Gasteiger partial charge in [-0.3, -0.25) is 9.59 Å². The molecular weight excluding hydrogens is 773 g/mol. The Kier molecular flexibility index (Phi) is 37.5. The van der Waals surface area contributed by atoms with Crippen LogP contribution in [0.25, 0.3) is 0 Å². The minimum Gasteiger partial charge on any atom is -0.462 e. The first kappa shape index (κ1) is 55.9. The monoisotopic (exact) mass is 857 g/mol. The maximum absolute atomic E-state index is 12.8. The van der Waals surface area contributed by atoms with Gasteiger partial charge in [0.2, 0.25) is 0 Å². The van der Waals surface area contributed by atoms with Crippen molar-refractivity contribution in [2.24, 2.45) is 0 Å². The number of rotatable bonds is 38. The predicted octanol–water partition coefficient (Wildman–Crippen LogP) is 10.6. The molecule has 1 saturated heterocycles. The third-order valence-corrected chi connectivity index (χ3v) is 10.3. The summed E-state index contributed by atoms with van der Waals surface area (Å²) >= 11 is 0. The molecule has 0 aromatic carbocycles. The third-order valence-electron chi connectivity index (χ3n) is 10.3. The first-order valence-electron chi connectivity index (χ1n) is 23.7. The topological polar surface area (TPSA) is 152 Å². The van der Waals surface area contributed by atoms with Crippen LogP contribution < -0.4 is 0 Å². The maximum Gasteiger partial charge on any atom is 0.306 e. The highest BCUT2D eigenvalue weighted by Gasteiger charge is 2.44. The van der Waals surface area contributed by atoms with E-state index in [9.17, 15) is 30.0 Å². The summed E-state index contributed by atoms with van der Waals surface area (Å²) in [5.41, 5.74) is 0. The van der Waals surface area contributed by atoms with Crippen LogP contribution in [0.1, 0.15) is 168 Å². The number of carbonyl (C=O) groups is 2. The minimum atomic E-state index is -1.61. The number of allylic oxidation sites excluding steroid dienone is 14. The van der Waals surface area contributed by atoms with Crippen molar-refractivity contribution >= 4 is 11.9 Å². The molecule has 0 aromatic heterocycles. The molecule has 0 aliphatic carbocycles. The SMILES string of the molecule is CC/C=C\C/C=C\C/C=C\C/C=C\C/C=C\CCCCCC(=O)OC(COC(=O)CCCCCCCCC/C=C\C/C=C\CCCCC)COC1OC(CO)C(O)C(O)C1O. The average molecular weight is 857 g/mol. The second-order valence-electron chi connectivity index (χ2n) is 15.8. The van der Waals surface area contributed by atoms with Gasteiger partial charge in [-0.05, 0) is 89.9 Å². The lowest BCUT2D eigenvalue weighted by atomic mass is 9.99. The Morgan fingerprint density at radius 1 is 0.525 bits per heavy atom. The number of ether oxygens (including phenoxy) is 4. The smallest absolute Gasteiger partial charge is 0.306 e. The summed E-state index contributed by atoms with van der Waals surface area (Å²) in [6.07, 6.45) is 45.8. The Hall–Kier alpha value is -3.12. The van der Waals surface area contributed by atoms with Gasteiger partial charge in [-0.25, -0.2) is 0 Å². The van der Waals surface area contributed by atoms with Crippen LogP contribution in [0.5, 0.6) is 0 Å². The average Bonchev–Trinajstić information content (AvgIpc) is 3.26. The lowest BCUT2D eigenvalue weighted by Crippen LogP contribution is -2.59. The van der Waals surface area contributed by atoms with Crippen molar-refractivity contribution in [2.45, 2.75) is 205 Å². The first-order chi connectivity index (χ1) is 29.8. The summed E-state index contributed by atoms with van der Waals surface area (Å²) in [7, 11) is 0. The van der Waals surface area contributed by atoms with E-state index in [0.717, 1.165) is 83.5 Å². The van der Waals surface area contributed by atoms with Crippen LogP contribution >= 0.6 is 0 Å². The zero-order valence-corrected chi connectivity index (χ0v) is 37.9. The molecule has 0 radical (unpaired) electrons. The fraction of sp³-hybridized carbons (Fsp3) is 0.686. The summed E-state index contributed by atoms with van der Waals surface area (Å²) in [5, 5.41) is 40.1. The lowest BCUT2D eigenvalue weighted by Gasteiger charge is -2.39. The molecule has 6 unspecified atom stereocenters. The molecule has 0 amide bonds. The highest BCUT2D eigenvalue weighted by Crippen LogP contribution is 2.22. The van der Waals surface area contributed by atoms with Gasteiger partial charge in [0.25, 0.3) is 0 Å². The molecule has 4 N–H and O–H groups in total. The van der Waals surface area contributed by atoms with Gasteiger partial charge in [0, 0.05) is 12.8 Å². The molecule has 0 spiro atoms. The van der Waals surface area contributed by atoms with E-state index >= 15 is 0 Å². The van der Waals surface area contributed by atoms with Gasteiger partial charge >= 0.3 is 11.9 Å². The molecule has 10 heteroatoms. The van der Waals surface area contributed by atoms with Gasteiger partial charge in [0.05, 0.1) is 13.2 Å². The van der Waals surface area contributed by atoms with Crippen molar-refractivity contribution in [1.82, 2.24) is 0 Å².